The molecule has 1 aliphatic carbocycles. The van der Waals surface area contributed by atoms with Crippen LogP contribution in [0.3, 0.4) is 0 Å². The van der Waals surface area contributed by atoms with Crippen LogP contribution >= 0.6 is 11.6 Å². The highest BCUT2D eigenvalue weighted by atomic mass is 35.5. The molecule has 0 spiro atoms. The zero-order chi connectivity index (χ0) is 12.4. The van der Waals surface area contributed by atoms with E-state index in [2.05, 4.69) is 6.92 Å². The van der Waals surface area contributed by atoms with E-state index in [1.807, 2.05) is 25.1 Å². The highest BCUT2D eigenvalue weighted by Gasteiger charge is 2.26. The van der Waals surface area contributed by atoms with Gasteiger partial charge in [0.25, 0.3) is 0 Å². The Balaban J connectivity index is 2.18. The fourth-order valence-electron chi connectivity index (χ4n) is 2.80. The lowest BCUT2D eigenvalue weighted by atomic mass is 9.78. The van der Waals surface area contributed by atoms with Crippen molar-refractivity contribution in [1.29, 1.82) is 0 Å². The number of ketones is 1. The quantitative estimate of drug-likeness (QED) is 0.698. The van der Waals surface area contributed by atoms with Gasteiger partial charge in [-0.15, -0.1) is 0 Å². The molecule has 1 nitrogen and oxygen atoms in total. The lowest BCUT2D eigenvalue weighted by Gasteiger charge is -2.26. The molecule has 2 atom stereocenters. The zero-order valence-corrected chi connectivity index (χ0v) is 11.3. The summed E-state index contributed by atoms with van der Waals surface area (Å²) in [6.07, 6.45) is 4.54. The monoisotopic (exact) mass is 250 g/mol. The molecule has 0 amide bonds. The summed E-state index contributed by atoms with van der Waals surface area (Å²) in [4.78, 5) is 12.4. The van der Waals surface area contributed by atoms with E-state index in [-0.39, 0.29) is 5.92 Å². The molecule has 2 rings (SSSR count). The van der Waals surface area contributed by atoms with Crippen molar-refractivity contribution in [3.63, 3.8) is 0 Å². The minimum atomic E-state index is 0.221. The Morgan fingerprint density at radius 3 is 2.76 bits per heavy atom. The summed E-state index contributed by atoms with van der Waals surface area (Å²) in [5.74, 6) is 1.22. The maximum Gasteiger partial charge on any atom is 0.166 e. The van der Waals surface area contributed by atoms with Crippen LogP contribution in [0.1, 0.15) is 48.5 Å². The van der Waals surface area contributed by atoms with E-state index in [9.17, 15) is 4.79 Å². The molecule has 0 bridgehead atoms. The standard InChI is InChI=1S/C15H19ClO/c1-10-4-3-5-12(8-10)15(17)14-7-6-13(16)9-11(14)2/h6-7,9-10,12H,3-5,8H2,1-2H3. The van der Waals surface area contributed by atoms with Gasteiger partial charge >= 0.3 is 0 Å². The number of hydrogen-bond donors (Lipinski definition) is 0. The van der Waals surface area contributed by atoms with Crippen molar-refractivity contribution in [2.45, 2.75) is 39.5 Å². The van der Waals surface area contributed by atoms with Crippen LogP contribution in [0.15, 0.2) is 18.2 Å². The Morgan fingerprint density at radius 2 is 2.12 bits per heavy atom. The van der Waals surface area contributed by atoms with Gasteiger partial charge in [-0.25, -0.2) is 0 Å². The second-order valence-corrected chi connectivity index (χ2v) is 5.73. The number of aryl methyl sites for hydroxylation is 1. The molecule has 1 aromatic carbocycles. The first-order valence-corrected chi connectivity index (χ1v) is 6.76. The number of hydrogen-bond acceptors (Lipinski definition) is 1. The Kier molecular flexibility index (Phi) is 3.88. The second kappa shape index (κ2) is 5.22. The first-order valence-electron chi connectivity index (χ1n) is 6.38. The van der Waals surface area contributed by atoms with Crippen LogP contribution in [0, 0.1) is 18.8 Å². The van der Waals surface area contributed by atoms with Gasteiger partial charge in [-0.2, -0.15) is 0 Å². The third kappa shape index (κ3) is 2.90. The number of halogens is 1. The molecule has 92 valence electrons. The van der Waals surface area contributed by atoms with E-state index in [4.69, 9.17) is 11.6 Å². The fourth-order valence-corrected chi connectivity index (χ4v) is 3.02. The van der Waals surface area contributed by atoms with Crippen molar-refractivity contribution in [2.75, 3.05) is 0 Å². The summed E-state index contributed by atoms with van der Waals surface area (Å²) in [6, 6.07) is 5.56. The Morgan fingerprint density at radius 1 is 1.35 bits per heavy atom. The molecule has 2 unspecified atom stereocenters. The van der Waals surface area contributed by atoms with Crippen molar-refractivity contribution in [1.82, 2.24) is 0 Å². The van der Waals surface area contributed by atoms with Crippen molar-refractivity contribution >= 4 is 17.4 Å². The van der Waals surface area contributed by atoms with Gasteiger partial charge in [0.15, 0.2) is 5.78 Å². The predicted molar refractivity (Wildman–Crippen MR) is 71.6 cm³/mol. The van der Waals surface area contributed by atoms with Gasteiger partial charge in [0.2, 0.25) is 0 Å². The lowest BCUT2D eigenvalue weighted by molar-refractivity contribution is 0.0867. The van der Waals surface area contributed by atoms with Crippen LogP contribution in [0.5, 0.6) is 0 Å². The van der Waals surface area contributed by atoms with Gasteiger partial charge < -0.3 is 0 Å². The fraction of sp³-hybridized carbons (Fsp3) is 0.533. The number of rotatable bonds is 2. The van der Waals surface area contributed by atoms with Gasteiger partial charge in [-0.3, -0.25) is 4.79 Å². The summed E-state index contributed by atoms with van der Waals surface area (Å²) in [5.41, 5.74) is 1.86. The third-order valence-electron chi connectivity index (χ3n) is 3.76. The predicted octanol–water partition coefficient (Wildman–Crippen LogP) is 4.66. The van der Waals surface area contributed by atoms with Gasteiger partial charge in [-0.1, -0.05) is 31.4 Å². The molecular weight excluding hydrogens is 232 g/mol. The Hall–Kier alpha value is -0.820. The minimum Gasteiger partial charge on any atom is -0.294 e. The molecule has 17 heavy (non-hydrogen) atoms. The van der Waals surface area contributed by atoms with E-state index in [1.54, 1.807) is 0 Å². The number of benzene rings is 1. The summed E-state index contributed by atoms with van der Waals surface area (Å²) >= 11 is 5.92. The first kappa shape index (κ1) is 12.6. The van der Waals surface area contributed by atoms with Crippen molar-refractivity contribution < 1.29 is 4.79 Å². The number of carbonyl (C=O) groups excluding carboxylic acids is 1. The molecule has 1 aromatic rings. The highest BCUT2D eigenvalue weighted by Crippen LogP contribution is 2.31. The molecule has 2 heteroatoms. The lowest BCUT2D eigenvalue weighted by Crippen LogP contribution is -2.22. The van der Waals surface area contributed by atoms with Crippen LogP contribution < -0.4 is 0 Å². The Bertz CT molecular complexity index is 425. The maximum absolute atomic E-state index is 12.4. The molecule has 1 saturated carbocycles. The summed E-state index contributed by atoms with van der Waals surface area (Å²) in [5, 5.41) is 0.705. The molecule has 0 N–H and O–H groups in total. The highest BCUT2D eigenvalue weighted by molar-refractivity contribution is 6.30. The van der Waals surface area contributed by atoms with Crippen LogP contribution in [0.25, 0.3) is 0 Å². The van der Waals surface area contributed by atoms with Crippen LogP contribution in [0.2, 0.25) is 5.02 Å². The zero-order valence-electron chi connectivity index (χ0n) is 10.5. The molecule has 1 aliphatic rings. The third-order valence-corrected chi connectivity index (χ3v) is 4.00. The van der Waals surface area contributed by atoms with Crippen molar-refractivity contribution in [3.8, 4) is 0 Å². The van der Waals surface area contributed by atoms with Gasteiger partial charge in [-0.05, 0) is 49.4 Å². The van der Waals surface area contributed by atoms with E-state index in [1.165, 1.54) is 12.8 Å². The topological polar surface area (TPSA) is 17.1 Å². The van der Waals surface area contributed by atoms with E-state index < -0.39 is 0 Å². The molecule has 0 aliphatic heterocycles. The van der Waals surface area contributed by atoms with Gasteiger partial charge in [0.1, 0.15) is 0 Å². The summed E-state index contributed by atoms with van der Waals surface area (Å²) < 4.78 is 0. The van der Waals surface area contributed by atoms with E-state index in [0.717, 1.165) is 24.0 Å². The minimum absolute atomic E-state index is 0.221. The van der Waals surface area contributed by atoms with Crippen LogP contribution in [0.4, 0.5) is 0 Å². The normalized spacial score (nSPS) is 24.6. The van der Waals surface area contributed by atoms with Crippen molar-refractivity contribution in [3.05, 3.63) is 34.3 Å². The van der Waals surface area contributed by atoms with Gasteiger partial charge in [0, 0.05) is 16.5 Å². The maximum atomic E-state index is 12.4. The van der Waals surface area contributed by atoms with Crippen molar-refractivity contribution in [2.24, 2.45) is 11.8 Å². The average molecular weight is 251 g/mol. The molecule has 0 saturated heterocycles. The van der Waals surface area contributed by atoms with Crippen LogP contribution in [-0.4, -0.2) is 5.78 Å². The Labute approximate surface area is 108 Å². The summed E-state index contributed by atoms with van der Waals surface area (Å²) in [7, 11) is 0. The van der Waals surface area contributed by atoms with Crippen LogP contribution in [-0.2, 0) is 0 Å². The van der Waals surface area contributed by atoms with Gasteiger partial charge in [0.05, 0.1) is 0 Å². The second-order valence-electron chi connectivity index (χ2n) is 5.29. The average Bonchev–Trinajstić information content (AvgIpc) is 2.28. The first-order chi connectivity index (χ1) is 8.08. The smallest absolute Gasteiger partial charge is 0.166 e. The van der Waals surface area contributed by atoms with E-state index >= 15 is 0 Å². The number of carbonyl (C=O) groups is 1. The largest absolute Gasteiger partial charge is 0.294 e. The summed E-state index contributed by atoms with van der Waals surface area (Å²) in [6.45, 7) is 4.21. The molecule has 0 aromatic heterocycles. The number of Topliss-reactive ketones (excluding diaryl/α,β-unsaturated/α-hetero) is 1. The molecule has 0 heterocycles. The molecule has 0 radical (unpaired) electrons. The molecule has 1 fully saturated rings. The SMILES string of the molecule is Cc1cc(Cl)ccc1C(=O)C1CCCC(C)C1. The van der Waals surface area contributed by atoms with E-state index in [0.29, 0.717) is 16.7 Å². The molecular formula is C15H19ClO.